The molecular formula is C9H17F2NO2. The van der Waals surface area contributed by atoms with E-state index in [2.05, 4.69) is 6.58 Å². The van der Waals surface area contributed by atoms with Crippen LogP contribution in [-0.2, 0) is 4.74 Å². The van der Waals surface area contributed by atoms with Crippen LogP contribution in [0.5, 0.6) is 0 Å². The van der Waals surface area contributed by atoms with Crippen molar-refractivity contribution in [1.29, 1.82) is 0 Å². The highest BCUT2D eigenvalue weighted by Crippen LogP contribution is 2.45. The van der Waals surface area contributed by atoms with E-state index in [1.54, 1.807) is 0 Å². The molecule has 0 heterocycles. The summed E-state index contributed by atoms with van der Waals surface area (Å²) in [5.74, 6) is -0.160. The van der Waals surface area contributed by atoms with Crippen LogP contribution in [-0.4, -0.2) is 16.8 Å². The molecule has 84 valence electrons. The molecule has 0 aromatic heterocycles. The van der Waals surface area contributed by atoms with Gasteiger partial charge in [0.15, 0.2) is 5.88 Å². The Hall–Kier alpha value is -0.840. The van der Waals surface area contributed by atoms with Crippen LogP contribution < -0.4 is 5.73 Å². The predicted octanol–water partition coefficient (Wildman–Crippen LogP) is 1.82. The molecule has 0 aliphatic carbocycles. The van der Waals surface area contributed by atoms with Gasteiger partial charge < -0.3 is 15.6 Å². The Labute approximate surface area is 82.5 Å². The quantitative estimate of drug-likeness (QED) is 0.694. The lowest BCUT2D eigenvalue weighted by Crippen LogP contribution is -2.53. The fourth-order valence-corrected chi connectivity index (χ4v) is 0.817. The Kier molecular flexibility index (Phi) is 3.18. The van der Waals surface area contributed by atoms with Gasteiger partial charge >= 0.3 is 6.11 Å². The summed E-state index contributed by atoms with van der Waals surface area (Å²) in [6.45, 7) is 8.47. The Morgan fingerprint density at radius 1 is 1.29 bits per heavy atom. The van der Waals surface area contributed by atoms with E-state index in [0.717, 1.165) is 0 Å². The third kappa shape index (κ3) is 2.35. The molecule has 3 N–H and O–H groups in total. The van der Waals surface area contributed by atoms with Crippen molar-refractivity contribution in [2.75, 3.05) is 0 Å². The van der Waals surface area contributed by atoms with Crippen molar-refractivity contribution in [3.63, 3.8) is 0 Å². The van der Waals surface area contributed by atoms with Crippen LogP contribution in [0.1, 0.15) is 27.7 Å². The Balaban J connectivity index is 4.97. The molecule has 0 aromatic carbocycles. The molecule has 0 saturated heterocycles. The molecule has 0 aliphatic rings. The largest absolute Gasteiger partial charge is 0.473 e. The number of ether oxygens (including phenoxy) is 1. The van der Waals surface area contributed by atoms with Gasteiger partial charge in [-0.15, -0.1) is 0 Å². The molecule has 0 aromatic rings. The van der Waals surface area contributed by atoms with Crippen LogP contribution in [0.25, 0.3) is 0 Å². The molecule has 0 bridgehead atoms. The van der Waals surface area contributed by atoms with Gasteiger partial charge in [0.05, 0.1) is 5.41 Å². The van der Waals surface area contributed by atoms with Crippen LogP contribution in [0.15, 0.2) is 12.5 Å². The standard InChI is InChI=1S/C9H17F2NO2/c1-6(12)14-8(4,5)7(2,3)9(10,11)13/h13H,1,12H2,2-5H3. The smallest absolute Gasteiger partial charge is 0.362 e. The zero-order valence-corrected chi connectivity index (χ0v) is 8.90. The summed E-state index contributed by atoms with van der Waals surface area (Å²) in [5.41, 5.74) is 2.08. The van der Waals surface area contributed by atoms with Crippen molar-refractivity contribution in [3.05, 3.63) is 12.5 Å². The molecule has 0 atom stereocenters. The van der Waals surface area contributed by atoms with Gasteiger partial charge in [-0.05, 0) is 34.3 Å². The first kappa shape index (κ1) is 13.2. The lowest BCUT2D eigenvalue weighted by Gasteiger charge is -2.43. The number of hydrogen-bond donors (Lipinski definition) is 2. The Morgan fingerprint density at radius 3 is 1.86 bits per heavy atom. The van der Waals surface area contributed by atoms with E-state index in [0.29, 0.717) is 0 Å². The summed E-state index contributed by atoms with van der Waals surface area (Å²) >= 11 is 0. The summed E-state index contributed by atoms with van der Waals surface area (Å²) in [6, 6.07) is 0. The maximum Gasteiger partial charge on any atom is 0.362 e. The van der Waals surface area contributed by atoms with Crippen LogP contribution >= 0.6 is 0 Å². The minimum Gasteiger partial charge on any atom is -0.473 e. The SMILES string of the molecule is C=C(N)OC(C)(C)C(C)(C)C(O)(F)F. The number of rotatable bonds is 4. The van der Waals surface area contributed by atoms with E-state index >= 15 is 0 Å². The highest BCUT2D eigenvalue weighted by molar-refractivity contribution is 4.95. The molecule has 0 amide bonds. The molecule has 0 unspecified atom stereocenters. The second kappa shape index (κ2) is 3.38. The summed E-state index contributed by atoms with van der Waals surface area (Å²) in [4.78, 5) is 0. The maximum absolute atomic E-state index is 12.9. The zero-order valence-electron chi connectivity index (χ0n) is 8.90. The molecule has 0 rings (SSSR count). The molecule has 0 spiro atoms. The fourth-order valence-electron chi connectivity index (χ4n) is 0.817. The number of alkyl halides is 2. The molecule has 0 fully saturated rings. The van der Waals surface area contributed by atoms with Crippen LogP contribution in [0.3, 0.4) is 0 Å². The Bertz CT molecular complexity index is 231. The van der Waals surface area contributed by atoms with E-state index in [1.807, 2.05) is 0 Å². The van der Waals surface area contributed by atoms with Gasteiger partial charge in [0.1, 0.15) is 5.60 Å². The number of aliphatic hydroxyl groups is 1. The van der Waals surface area contributed by atoms with Gasteiger partial charge in [-0.25, -0.2) is 0 Å². The molecule has 3 nitrogen and oxygen atoms in total. The summed E-state index contributed by atoms with van der Waals surface area (Å²) in [7, 11) is 0. The number of hydrogen-bond acceptors (Lipinski definition) is 3. The number of nitrogens with two attached hydrogens (primary N) is 1. The van der Waals surface area contributed by atoms with E-state index in [9.17, 15) is 8.78 Å². The highest BCUT2D eigenvalue weighted by Gasteiger charge is 2.56. The van der Waals surface area contributed by atoms with Crippen molar-refractivity contribution in [3.8, 4) is 0 Å². The molecule has 5 heteroatoms. The van der Waals surface area contributed by atoms with Gasteiger partial charge in [-0.3, -0.25) is 0 Å². The van der Waals surface area contributed by atoms with Gasteiger partial charge in [0, 0.05) is 0 Å². The fraction of sp³-hybridized carbons (Fsp3) is 0.778. The molecule has 0 saturated carbocycles. The minimum absolute atomic E-state index is 0.160. The van der Waals surface area contributed by atoms with Crippen LogP contribution in [0, 0.1) is 5.41 Å². The van der Waals surface area contributed by atoms with Crippen LogP contribution in [0.4, 0.5) is 8.78 Å². The lowest BCUT2D eigenvalue weighted by molar-refractivity contribution is -0.310. The minimum atomic E-state index is -3.86. The first-order valence-electron chi connectivity index (χ1n) is 4.15. The second-order valence-corrected chi connectivity index (χ2v) is 4.24. The lowest BCUT2D eigenvalue weighted by atomic mass is 9.76. The van der Waals surface area contributed by atoms with Crippen molar-refractivity contribution in [2.45, 2.75) is 39.4 Å². The van der Waals surface area contributed by atoms with Gasteiger partial charge in [-0.1, -0.05) is 0 Å². The predicted molar refractivity (Wildman–Crippen MR) is 49.4 cm³/mol. The van der Waals surface area contributed by atoms with Gasteiger partial charge in [0.2, 0.25) is 0 Å². The van der Waals surface area contributed by atoms with Gasteiger partial charge in [0.25, 0.3) is 0 Å². The van der Waals surface area contributed by atoms with Crippen molar-refractivity contribution in [1.82, 2.24) is 0 Å². The molecule has 0 radical (unpaired) electrons. The normalized spacial score (nSPS) is 13.9. The van der Waals surface area contributed by atoms with Crippen molar-refractivity contribution in [2.24, 2.45) is 11.1 Å². The number of halogens is 2. The zero-order chi connectivity index (χ0) is 11.8. The second-order valence-electron chi connectivity index (χ2n) is 4.24. The maximum atomic E-state index is 12.9. The van der Waals surface area contributed by atoms with E-state index in [-0.39, 0.29) is 5.88 Å². The van der Waals surface area contributed by atoms with Crippen molar-refractivity contribution < 1.29 is 18.6 Å². The van der Waals surface area contributed by atoms with E-state index < -0.39 is 17.1 Å². The first-order valence-corrected chi connectivity index (χ1v) is 4.15. The molecule has 0 aliphatic heterocycles. The van der Waals surface area contributed by atoms with Crippen LogP contribution in [0.2, 0.25) is 0 Å². The third-order valence-corrected chi connectivity index (χ3v) is 2.64. The highest BCUT2D eigenvalue weighted by atomic mass is 19.3. The first-order chi connectivity index (χ1) is 5.92. The van der Waals surface area contributed by atoms with E-state index in [4.69, 9.17) is 15.6 Å². The summed E-state index contributed by atoms with van der Waals surface area (Å²) < 4.78 is 30.7. The Morgan fingerprint density at radius 2 is 1.64 bits per heavy atom. The monoisotopic (exact) mass is 209 g/mol. The average molecular weight is 209 g/mol. The topological polar surface area (TPSA) is 55.5 Å². The van der Waals surface area contributed by atoms with E-state index in [1.165, 1.54) is 27.7 Å². The third-order valence-electron chi connectivity index (χ3n) is 2.64. The van der Waals surface area contributed by atoms with Crippen molar-refractivity contribution >= 4 is 0 Å². The summed E-state index contributed by atoms with van der Waals surface area (Å²) in [6.07, 6.45) is -3.86. The van der Waals surface area contributed by atoms with Gasteiger partial charge in [-0.2, -0.15) is 8.78 Å². The molecule has 14 heavy (non-hydrogen) atoms. The molecular weight excluding hydrogens is 192 g/mol. The summed E-state index contributed by atoms with van der Waals surface area (Å²) in [5, 5.41) is 8.71. The average Bonchev–Trinajstić information content (AvgIpc) is 1.80.